The maximum Gasteiger partial charge on any atom is 0.251 e. The lowest BCUT2D eigenvalue weighted by Gasteiger charge is -2.31. The van der Waals surface area contributed by atoms with Crippen LogP contribution in [0.3, 0.4) is 0 Å². The molecule has 1 aromatic rings. The molecule has 0 aliphatic carbocycles. The number of rotatable bonds is 6. The van der Waals surface area contributed by atoms with Gasteiger partial charge in [-0.25, -0.2) is 0 Å². The lowest BCUT2D eigenvalue weighted by atomic mass is 10.1. The minimum Gasteiger partial charge on any atom is -0.340 e. The van der Waals surface area contributed by atoms with Crippen molar-refractivity contribution in [3.05, 3.63) is 33.8 Å². The number of halogens is 2. The van der Waals surface area contributed by atoms with E-state index in [1.807, 2.05) is 7.05 Å². The summed E-state index contributed by atoms with van der Waals surface area (Å²) in [5.41, 5.74) is 0.381. The Balaban J connectivity index is 2.07. The van der Waals surface area contributed by atoms with Gasteiger partial charge in [0.05, 0.1) is 10.0 Å². The summed E-state index contributed by atoms with van der Waals surface area (Å²) in [5.74, 6) is -0.390. The molecule has 3 N–H and O–H groups in total. The van der Waals surface area contributed by atoms with Gasteiger partial charge >= 0.3 is 0 Å². The number of amides is 2. The minimum atomic E-state index is -0.572. The third-order valence-corrected chi connectivity index (χ3v) is 4.64. The lowest BCUT2D eigenvalue weighted by Crippen LogP contribution is -2.54. The number of carbonyl (C=O) groups excluding carboxylic acids is 2. The molecule has 8 heteroatoms. The molecule has 0 unspecified atom stereocenters. The topological polar surface area (TPSA) is 73.5 Å². The zero-order valence-electron chi connectivity index (χ0n) is 13.6. The molecule has 0 saturated carbocycles. The summed E-state index contributed by atoms with van der Waals surface area (Å²) in [5, 5.41) is 9.74. The number of nitrogens with zero attached hydrogens (tertiary/aromatic N) is 1. The van der Waals surface area contributed by atoms with E-state index in [4.69, 9.17) is 23.2 Å². The predicted octanol–water partition coefficient (Wildman–Crippen LogP) is 1.13. The maximum absolute atomic E-state index is 12.7. The second-order valence-corrected chi connectivity index (χ2v) is 6.44. The first-order valence-corrected chi connectivity index (χ1v) is 8.68. The van der Waals surface area contributed by atoms with Gasteiger partial charge in [-0.3, -0.25) is 9.59 Å². The average Bonchev–Trinajstić information content (AvgIpc) is 2.60. The monoisotopic (exact) mass is 372 g/mol. The predicted molar refractivity (Wildman–Crippen MR) is 95.7 cm³/mol. The quantitative estimate of drug-likeness (QED) is 0.699. The Labute approximate surface area is 151 Å². The van der Waals surface area contributed by atoms with Crippen LogP contribution in [0.25, 0.3) is 0 Å². The molecule has 1 aliphatic rings. The van der Waals surface area contributed by atoms with Gasteiger partial charge in [0, 0.05) is 31.7 Å². The summed E-state index contributed by atoms with van der Waals surface area (Å²) in [6.45, 7) is 3.47. The fourth-order valence-electron chi connectivity index (χ4n) is 2.53. The highest BCUT2D eigenvalue weighted by molar-refractivity contribution is 6.42. The Bertz CT molecular complexity index is 591. The summed E-state index contributed by atoms with van der Waals surface area (Å²) in [4.78, 5) is 26.9. The van der Waals surface area contributed by atoms with E-state index in [0.717, 1.165) is 13.1 Å². The normalized spacial score (nSPS) is 15.9. The maximum atomic E-state index is 12.7. The fraction of sp³-hybridized carbons (Fsp3) is 0.500. The zero-order valence-corrected chi connectivity index (χ0v) is 15.1. The molecular formula is C16H22Cl2N4O2. The van der Waals surface area contributed by atoms with E-state index in [0.29, 0.717) is 41.7 Å². The molecule has 0 aromatic heterocycles. The van der Waals surface area contributed by atoms with Crippen LogP contribution in [-0.4, -0.2) is 62.5 Å². The van der Waals surface area contributed by atoms with Crippen LogP contribution in [0.15, 0.2) is 18.2 Å². The molecule has 0 spiro atoms. The van der Waals surface area contributed by atoms with E-state index in [9.17, 15) is 9.59 Å². The molecule has 1 fully saturated rings. The zero-order chi connectivity index (χ0) is 17.5. The van der Waals surface area contributed by atoms with Crippen molar-refractivity contribution >= 4 is 35.0 Å². The van der Waals surface area contributed by atoms with Gasteiger partial charge in [0.2, 0.25) is 5.91 Å². The first kappa shape index (κ1) is 19.0. The van der Waals surface area contributed by atoms with Crippen LogP contribution in [-0.2, 0) is 4.79 Å². The third kappa shape index (κ3) is 5.08. The van der Waals surface area contributed by atoms with Gasteiger partial charge < -0.3 is 20.9 Å². The number of nitrogens with one attached hydrogen (secondary N) is 3. The van der Waals surface area contributed by atoms with Crippen LogP contribution in [0.1, 0.15) is 16.8 Å². The van der Waals surface area contributed by atoms with E-state index in [1.165, 1.54) is 6.07 Å². The van der Waals surface area contributed by atoms with Gasteiger partial charge in [-0.2, -0.15) is 0 Å². The number of piperazine rings is 1. The van der Waals surface area contributed by atoms with E-state index in [2.05, 4.69) is 16.0 Å². The summed E-state index contributed by atoms with van der Waals surface area (Å²) in [6.07, 6.45) is 0.520. The van der Waals surface area contributed by atoms with Crippen molar-refractivity contribution in [2.75, 3.05) is 39.8 Å². The molecule has 0 bridgehead atoms. The van der Waals surface area contributed by atoms with E-state index < -0.39 is 6.04 Å². The molecule has 1 atom stereocenters. The average molecular weight is 373 g/mol. The van der Waals surface area contributed by atoms with Crippen molar-refractivity contribution in [1.29, 1.82) is 0 Å². The molecular weight excluding hydrogens is 351 g/mol. The van der Waals surface area contributed by atoms with Crippen molar-refractivity contribution in [1.82, 2.24) is 20.9 Å². The largest absolute Gasteiger partial charge is 0.340 e. The van der Waals surface area contributed by atoms with E-state index >= 15 is 0 Å². The van der Waals surface area contributed by atoms with Crippen LogP contribution in [0.2, 0.25) is 10.0 Å². The second kappa shape index (κ2) is 9.22. The minimum absolute atomic E-state index is 0.0554. The molecule has 0 radical (unpaired) electrons. The molecule has 1 aliphatic heterocycles. The van der Waals surface area contributed by atoms with E-state index in [1.54, 1.807) is 17.0 Å². The van der Waals surface area contributed by atoms with Crippen molar-refractivity contribution in [3.63, 3.8) is 0 Å². The van der Waals surface area contributed by atoms with Crippen molar-refractivity contribution in [2.45, 2.75) is 12.5 Å². The highest BCUT2D eigenvalue weighted by Crippen LogP contribution is 2.22. The highest BCUT2D eigenvalue weighted by Gasteiger charge is 2.27. The van der Waals surface area contributed by atoms with Gasteiger partial charge in [0.25, 0.3) is 5.91 Å². The van der Waals surface area contributed by atoms with Crippen LogP contribution in [0, 0.1) is 0 Å². The van der Waals surface area contributed by atoms with Crippen molar-refractivity contribution in [3.8, 4) is 0 Å². The van der Waals surface area contributed by atoms with Gasteiger partial charge in [-0.1, -0.05) is 23.2 Å². The number of hydrogen-bond acceptors (Lipinski definition) is 4. The SMILES string of the molecule is CNCC[C@H](NC(=O)c1ccc(Cl)c(Cl)c1)C(=O)N1CCNCC1. The fourth-order valence-corrected chi connectivity index (χ4v) is 2.83. The number of benzene rings is 1. The highest BCUT2D eigenvalue weighted by atomic mass is 35.5. The second-order valence-electron chi connectivity index (χ2n) is 5.62. The molecule has 24 heavy (non-hydrogen) atoms. The van der Waals surface area contributed by atoms with Gasteiger partial charge in [0.1, 0.15) is 6.04 Å². The Morgan fingerprint density at radius 3 is 2.58 bits per heavy atom. The van der Waals surface area contributed by atoms with Crippen LogP contribution in [0.4, 0.5) is 0 Å². The Kier molecular flexibility index (Phi) is 7.30. The molecule has 2 amide bonds. The van der Waals surface area contributed by atoms with Gasteiger partial charge in [0.15, 0.2) is 0 Å². The number of carbonyl (C=O) groups is 2. The van der Waals surface area contributed by atoms with Crippen molar-refractivity contribution < 1.29 is 9.59 Å². The standard InChI is InChI=1S/C16H22Cl2N4O2/c1-19-5-4-14(16(24)22-8-6-20-7-9-22)21-15(23)11-2-3-12(17)13(18)10-11/h2-3,10,14,19-20H,4-9H2,1H3,(H,21,23)/t14-/m0/s1. The van der Waals surface area contributed by atoms with Crippen LogP contribution >= 0.6 is 23.2 Å². The molecule has 1 saturated heterocycles. The Hall–Kier alpha value is -1.34. The Morgan fingerprint density at radius 1 is 1.25 bits per heavy atom. The number of hydrogen-bond donors (Lipinski definition) is 3. The van der Waals surface area contributed by atoms with Crippen molar-refractivity contribution in [2.24, 2.45) is 0 Å². The van der Waals surface area contributed by atoms with Crippen LogP contribution in [0.5, 0.6) is 0 Å². The lowest BCUT2D eigenvalue weighted by molar-refractivity contribution is -0.134. The first-order chi connectivity index (χ1) is 11.5. The summed E-state index contributed by atoms with van der Waals surface area (Å²) in [7, 11) is 1.81. The van der Waals surface area contributed by atoms with Crippen LogP contribution < -0.4 is 16.0 Å². The summed E-state index contributed by atoms with van der Waals surface area (Å²) < 4.78 is 0. The summed E-state index contributed by atoms with van der Waals surface area (Å²) >= 11 is 11.8. The van der Waals surface area contributed by atoms with Gasteiger partial charge in [-0.15, -0.1) is 0 Å². The van der Waals surface area contributed by atoms with E-state index in [-0.39, 0.29) is 11.8 Å². The molecule has 6 nitrogen and oxygen atoms in total. The molecule has 132 valence electrons. The molecule has 1 aromatic carbocycles. The molecule has 1 heterocycles. The summed E-state index contributed by atoms with van der Waals surface area (Å²) in [6, 6.07) is 4.09. The third-order valence-electron chi connectivity index (χ3n) is 3.90. The van der Waals surface area contributed by atoms with Gasteiger partial charge in [-0.05, 0) is 38.2 Å². The first-order valence-electron chi connectivity index (χ1n) is 7.93. The Morgan fingerprint density at radius 2 is 1.96 bits per heavy atom. The smallest absolute Gasteiger partial charge is 0.251 e. The molecule has 2 rings (SSSR count).